The van der Waals surface area contributed by atoms with Crippen LogP contribution >= 0.6 is 0 Å². The van der Waals surface area contributed by atoms with E-state index in [-0.39, 0.29) is 5.82 Å². The van der Waals surface area contributed by atoms with Crippen LogP contribution in [0.25, 0.3) is 11.1 Å². The lowest BCUT2D eigenvalue weighted by Crippen LogP contribution is -2.71. The molecule has 1 N–H and O–H groups in total. The van der Waals surface area contributed by atoms with Gasteiger partial charge in [0.05, 0.1) is 0 Å². The molecule has 3 aromatic rings. The first-order chi connectivity index (χ1) is 13.7. The third-order valence-electron chi connectivity index (χ3n) is 6.24. The molecule has 1 unspecified atom stereocenters. The second-order valence-electron chi connectivity index (χ2n) is 8.18. The van der Waals surface area contributed by atoms with Crippen molar-refractivity contribution in [3.05, 3.63) is 95.3 Å². The van der Waals surface area contributed by atoms with Crippen LogP contribution in [0.1, 0.15) is 22.6 Å². The standard InChI is InChI=1S/C25H25FN2/c1-17-6-8-18(9-7-17)19-10-12-20(13-11-19)25-23-15-28(16-24(25)27-23)14-21-4-2-3-5-22(21)26/h2-13,23-25,27H,14-16H2,1H3/t23-,24+,25?. The summed E-state index contributed by atoms with van der Waals surface area (Å²) in [6.07, 6.45) is 0. The molecule has 6 rings (SSSR count). The largest absolute Gasteiger partial charge is 0.307 e. The quantitative estimate of drug-likeness (QED) is 0.712. The van der Waals surface area contributed by atoms with Gasteiger partial charge in [0.2, 0.25) is 0 Å². The van der Waals surface area contributed by atoms with Crippen LogP contribution in [-0.4, -0.2) is 30.1 Å². The van der Waals surface area contributed by atoms with Gasteiger partial charge in [0, 0.05) is 43.2 Å². The van der Waals surface area contributed by atoms with Crippen LogP contribution in [-0.2, 0) is 6.54 Å². The number of piperazine rings is 1. The van der Waals surface area contributed by atoms with Gasteiger partial charge in [0.15, 0.2) is 0 Å². The van der Waals surface area contributed by atoms with E-state index in [4.69, 9.17) is 0 Å². The maximum Gasteiger partial charge on any atom is 0.127 e. The molecule has 28 heavy (non-hydrogen) atoms. The summed E-state index contributed by atoms with van der Waals surface area (Å²) in [5.74, 6) is 0.460. The maximum absolute atomic E-state index is 14.0. The van der Waals surface area contributed by atoms with Gasteiger partial charge in [0.1, 0.15) is 5.82 Å². The Hall–Kier alpha value is -2.49. The molecule has 3 fully saturated rings. The number of halogens is 1. The SMILES string of the molecule is Cc1ccc(-c2ccc(C3[C@@H]4CN(Cc5ccccc5F)C[C@H]3N4)cc2)cc1. The van der Waals surface area contributed by atoms with Gasteiger partial charge in [-0.2, -0.15) is 0 Å². The molecule has 3 aromatic carbocycles. The number of rotatable bonds is 4. The lowest BCUT2D eigenvalue weighted by molar-refractivity contribution is 0.0464. The van der Waals surface area contributed by atoms with E-state index in [1.165, 1.54) is 22.3 Å². The second kappa shape index (κ2) is 7.16. The zero-order valence-electron chi connectivity index (χ0n) is 16.1. The second-order valence-corrected chi connectivity index (χ2v) is 8.18. The molecule has 0 radical (unpaired) electrons. The first-order valence-corrected chi connectivity index (χ1v) is 10.1. The summed E-state index contributed by atoms with van der Waals surface area (Å²) in [7, 11) is 0. The van der Waals surface area contributed by atoms with Crippen LogP contribution in [0.15, 0.2) is 72.8 Å². The van der Waals surface area contributed by atoms with Gasteiger partial charge in [-0.05, 0) is 29.7 Å². The molecule has 3 atom stereocenters. The molecule has 0 aliphatic carbocycles. The monoisotopic (exact) mass is 372 g/mol. The Labute approximate surface area is 166 Å². The third-order valence-corrected chi connectivity index (χ3v) is 6.24. The fourth-order valence-corrected chi connectivity index (χ4v) is 4.71. The molecule has 2 nitrogen and oxygen atoms in total. The smallest absolute Gasteiger partial charge is 0.127 e. The third kappa shape index (κ3) is 3.25. The molecule has 3 heterocycles. The Morgan fingerprint density at radius 3 is 2.11 bits per heavy atom. The molecule has 0 amide bonds. The van der Waals surface area contributed by atoms with Crippen molar-refractivity contribution in [1.29, 1.82) is 0 Å². The zero-order chi connectivity index (χ0) is 19.1. The van der Waals surface area contributed by atoms with E-state index in [1.54, 1.807) is 12.1 Å². The molecular formula is C25H25FN2. The molecule has 142 valence electrons. The number of benzene rings is 3. The van der Waals surface area contributed by atoms with Crippen LogP contribution < -0.4 is 5.32 Å². The highest BCUT2D eigenvalue weighted by atomic mass is 19.1. The summed E-state index contributed by atoms with van der Waals surface area (Å²) in [4.78, 5) is 2.38. The van der Waals surface area contributed by atoms with Gasteiger partial charge in [-0.3, -0.25) is 4.90 Å². The molecule has 0 spiro atoms. The number of hydrogen-bond acceptors (Lipinski definition) is 2. The average Bonchev–Trinajstić information content (AvgIpc) is 2.71. The summed E-state index contributed by atoms with van der Waals surface area (Å²) in [5.41, 5.74) is 6.02. The molecule has 3 saturated heterocycles. The van der Waals surface area contributed by atoms with Crippen LogP contribution in [0.5, 0.6) is 0 Å². The molecule has 3 heteroatoms. The minimum absolute atomic E-state index is 0.0991. The summed E-state index contributed by atoms with van der Waals surface area (Å²) in [6.45, 7) is 4.75. The van der Waals surface area contributed by atoms with Crippen molar-refractivity contribution in [2.24, 2.45) is 0 Å². The predicted octanol–water partition coefficient (Wildman–Crippen LogP) is 4.74. The molecule has 3 aliphatic heterocycles. The maximum atomic E-state index is 14.0. The summed E-state index contributed by atoms with van der Waals surface area (Å²) in [5, 5.41) is 3.68. The Bertz CT molecular complexity index is 953. The van der Waals surface area contributed by atoms with Crippen molar-refractivity contribution in [2.45, 2.75) is 31.5 Å². The van der Waals surface area contributed by atoms with E-state index < -0.39 is 0 Å². The highest BCUT2D eigenvalue weighted by molar-refractivity contribution is 5.64. The lowest BCUT2D eigenvalue weighted by Gasteiger charge is -2.55. The number of piperidine rings is 1. The minimum atomic E-state index is -0.0991. The van der Waals surface area contributed by atoms with Crippen molar-refractivity contribution in [3.8, 4) is 11.1 Å². The topological polar surface area (TPSA) is 15.3 Å². The van der Waals surface area contributed by atoms with Crippen molar-refractivity contribution in [2.75, 3.05) is 13.1 Å². The van der Waals surface area contributed by atoms with Crippen LogP contribution in [0.4, 0.5) is 4.39 Å². The summed E-state index contributed by atoms with van der Waals surface area (Å²) < 4.78 is 14.0. The van der Waals surface area contributed by atoms with E-state index in [9.17, 15) is 4.39 Å². The number of nitrogens with one attached hydrogen (secondary N) is 1. The van der Waals surface area contributed by atoms with Gasteiger partial charge in [-0.15, -0.1) is 0 Å². The number of hydrogen-bond donors (Lipinski definition) is 1. The first kappa shape index (κ1) is 17.6. The lowest BCUT2D eigenvalue weighted by atomic mass is 9.74. The summed E-state index contributed by atoms with van der Waals surface area (Å²) in [6, 6.07) is 25.8. The van der Waals surface area contributed by atoms with E-state index in [0.717, 1.165) is 18.7 Å². The van der Waals surface area contributed by atoms with Gasteiger partial charge < -0.3 is 5.32 Å². The highest BCUT2D eigenvalue weighted by Gasteiger charge is 2.46. The van der Waals surface area contributed by atoms with Gasteiger partial charge in [-0.1, -0.05) is 72.3 Å². The number of nitrogens with zero attached hydrogens (tertiary/aromatic N) is 1. The molecule has 0 aromatic heterocycles. The zero-order valence-corrected chi connectivity index (χ0v) is 16.1. The predicted molar refractivity (Wildman–Crippen MR) is 112 cm³/mol. The molecule has 2 bridgehead atoms. The van der Waals surface area contributed by atoms with Crippen molar-refractivity contribution < 1.29 is 4.39 Å². The van der Waals surface area contributed by atoms with Crippen LogP contribution in [0.2, 0.25) is 0 Å². The molecular weight excluding hydrogens is 347 g/mol. The first-order valence-electron chi connectivity index (χ1n) is 10.1. The van der Waals surface area contributed by atoms with Crippen molar-refractivity contribution in [1.82, 2.24) is 10.2 Å². The fraction of sp³-hybridized carbons (Fsp3) is 0.280. The van der Waals surface area contributed by atoms with Gasteiger partial charge in [-0.25, -0.2) is 4.39 Å². The normalized spacial score (nSPS) is 24.0. The highest BCUT2D eigenvalue weighted by Crippen LogP contribution is 2.38. The van der Waals surface area contributed by atoms with E-state index in [2.05, 4.69) is 65.7 Å². The number of fused-ring (bicyclic) bond motifs is 2. The molecule has 3 aliphatic rings. The Morgan fingerprint density at radius 2 is 1.46 bits per heavy atom. The van der Waals surface area contributed by atoms with Crippen LogP contribution in [0, 0.1) is 12.7 Å². The summed E-state index contributed by atoms with van der Waals surface area (Å²) >= 11 is 0. The average molecular weight is 372 g/mol. The van der Waals surface area contributed by atoms with Gasteiger partial charge >= 0.3 is 0 Å². The Kier molecular flexibility index (Phi) is 4.50. The fourth-order valence-electron chi connectivity index (χ4n) is 4.71. The van der Waals surface area contributed by atoms with E-state index >= 15 is 0 Å². The molecule has 0 saturated carbocycles. The Balaban J connectivity index is 1.26. The van der Waals surface area contributed by atoms with Crippen molar-refractivity contribution in [3.63, 3.8) is 0 Å². The number of aryl methyl sites for hydroxylation is 1. The van der Waals surface area contributed by atoms with Crippen LogP contribution in [0.3, 0.4) is 0 Å². The van der Waals surface area contributed by atoms with E-state index in [0.29, 0.717) is 24.5 Å². The Morgan fingerprint density at radius 1 is 0.857 bits per heavy atom. The van der Waals surface area contributed by atoms with Crippen molar-refractivity contribution >= 4 is 0 Å². The van der Waals surface area contributed by atoms with Gasteiger partial charge in [0.25, 0.3) is 0 Å². The van der Waals surface area contributed by atoms with E-state index in [1.807, 2.05) is 12.1 Å². The minimum Gasteiger partial charge on any atom is -0.307 e.